The van der Waals surface area contributed by atoms with Crippen LogP contribution in [0.1, 0.15) is 63.1 Å². The Kier molecular flexibility index (Phi) is 5.13. The Labute approximate surface area is 115 Å². The van der Waals surface area contributed by atoms with Crippen LogP contribution in [0.15, 0.2) is 0 Å². The van der Waals surface area contributed by atoms with Gasteiger partial charge >= 0.3 is 0 Å². The summed E-state index contributed by atoms with van der Waals surface area (Å²) >= 11 is 1.59. The summed E-state index contributed by atoms with van der Waals surface area (Å²) < 4.78 is 4.16. The topological polar surface area (TPSA) is 37.8 Å². The minimum absolute atomic E-state index is 0.484. The second-order valence-corrected chi connectivity index (χ2v) is 6.28. The van der Waals surface area contributed by atoms with Crippen molar-refractivity contribution in [1.29, 1.82) is 0 Å². The molecule has 0 saturated heterocycles. The summed E-state index contributed by atoms with van der Waals surface area (Å²) in [5, 5.41) is 7.95. The highest BCUT2D eigenvalue weighted by Gasteiger charge is 2.29. The first-order chi connectivity index (χ1) is 8.76. The summed E-state index contributed by atoms with van der Waals surface area (Å²) in [7, 11) is 0. The number of hydrogen-bond acceptors (Lipinski definition) is 4. The van der Waals surface area contributed by atoms with Crippen molar-refractivity contribution in [3.63, 3.8) is 0 Å². The smallest absolute Gasteiger partial charge is 0.0801 e. The lowest BCUT2D eigenvalue weighted by Gasteiger charge is -2.32. The van der Waals surface area contributed by atoms with Crippen LogP contribution in [0.5, 0.6) is 0 Å². The third kappa shape index (κ3) is 3.09. The van der Waals surface area contributed by atoms with Crippen LogP contribution >= 0.6 is 11.5 Å². The fraction of sp³-hybridized carbons (Fsp3) is 0.857. The molecule has 0 aromatic carbocycles. The summed E-state index contributed by atoms with van der Waals surface area (Å²) in [6.45, 7) is 7.77. The first-order valence-corrected chi connectivity index (χ1v) is 8.08. The summed E-state index contributed by atoms with van der Waals surface area (Å²) in [5.41, 5.74) is 1.20. The molecule has 1 N–H and O–H groups in total. The number of nitrogens with one attached hydrogen (secondary N) is 1. The van der Waals surface area contributed by atoms with Crippen LogP contribution in [0.2, 0.25) is 0 Å². The quantitative estimate of drug-likeness (QED) is 0.886. The van der Waals surface area contributed by atoms with E-state index in [1.54, 1.807) is 11.5 Å². The molecule has 1 heterocycles. The molecule has 3 nitrogen and oxygen atoms in total. The van der Waals surface area contributed by atoms with Crippen LogP contribution < -0.4 is 5.32 Å². The molecule has 0 bridgehead atoms. The van der Waals surface area contributed by atoms with E-state index in [1.807, 2.05) is 0 Å². The predicted octanol–water partition coefficient (Wildman–Crippen LogP) is 3.58. The van der Waals surface area contributed by atoms with Crippen molar-refractivity contribution < 1.29 is 0 Å². The average molecular weight is 267 g/mol. The molecule has 2 rings (SSSR count). The molecule has 0 radical (unpaired) electrons. The largest absolute Gasteiger partial charge is 0.309 e. The second-order valence-electron chi connectivity index (χ2n) is 5.49. The number of hydrogen-bond donors (Lipinski definition) is 1. The van der Waals surface area contributed by atoms with Crippen molar-refractivity contribution in [3.05, 3.63) is 10.6 Å². The highest BCUT2D eigenvalue weighted by Crippen LogP contribution is 2.38. The lowest BCUT2D eigenvalue weighted by molar-refractivity contribution is 0.234. The van der Waals surface area contributed by atoms with Gasteiger partial charge in [-0.2, -0.15) is 0 Å². The van der Waals surface area contributed by atoms with E-state index in [9.17, 15) is 0 Å². The van der Waals surface area contributed by atoms with Gasteiger partial charge in [0.2, 0.25) is 0 Å². The van der Waals surface area contributed by atoms with Gasteiger partial charge in [0.05, 0.1) is 10.6 Å². The third-order valence-electron chi connectivity index (χ3n) is 4.16. The standard InChI is InChI=1S/C14H25N3S/c1-4-12-14(18-17-16-12)13(15-5-2)11-8-6-10(3)7-9-11/h10-11,13,15H,4-9H2,1-3H3. The van der Waals surface area contributed by atoms with Gasteiger partial charge in [-0.05, 0) is 49.2 Å². The normalized spacial score (nSPS) is 26.2. The van der Waals surface area contributed by atoms with E-state index >= 15 is 0 Å². The van der Waals surface area contributed by atoms with E-state index in [0.717, 1.165) is 24.8 Å². The van der Waals surface area contributed by atoms with Crippen molar-refractivity contribution in [2.45, 2.75) is 58.9 Å². The molecule has 1 aromatic rings. The first kappa shape index (κ1) is 13.9. The van der Waals surface area contributed by atoms with Gasteiger partial charge in [-0.3, -0.25) is 0 Å². The van der Waals surface area contributed by atoms with Gasteiger partial charge in [0.15, 0.2) is 0 Å². The minimum Gasteiger partial charge on any atom is -0.309 e. The first-order valence-electron chi connectivity index (χ1n) is 7.30. The fourth-order valence-corrected chi connectivity index (χ4v) is 3.92. The number of rotatable bonds is 5. The highest BCUT2D eigenvalue weighted by molar-refractivity contribution is 7.05. The maximum absolute atomic E-state index is 4.28. The van der Waals surface area contributed by atoms with Crippen LogP contribution in [0, 0.1) is 11.8 Å². The molecule has 18 heavy (non-hydrogen) atoms. The Morgan fingerprint density at radius 1 is 1.28 bits per heavy atom. The van der Waals surface area contributed by atoms with E-state index < -0.39 is 0 Å². The van der Waals surface area contributed by atoms with E-state index in [4.69, 9.17) is 0 Å². The summed E-state index contributed by atoms with van der Waals surface area (Å²) in [6.07, 6.45) is 6.44. The lowest BCUT2D eigenvalue weighted by Crippen LogP contribution is -2.30. The van der Waals surface area contributed by atoms with Gasteiger partial charge in [-0.1, -0.05) is 38.1 Å². The Morgan fingerprint density at radius 3 is 2.61 bits per heavy atom. The molecule has 1 unspecified atom stereocenters. The van der Waals surface area contributed by atoms with Crippen LogP contribution in [0.4, 0.5) is 0 Å². The van der Waals surface area contributed by atoms with Crippen molar-refractivity contribution in [2.75, 3.05) is 6.54 Å². The fourth-order valence-electron chi connectivity index (χ4n) is 3.01. The van der Waals surface area contributed by atoms with Gasteiger partial charge in [0, 0.05) is 6.04 Å². The van der Waals surface area contributed by atoms with Gasteiger partial charge in [-0.15, -0.1) is 5.10 Å². The van der Waals surface area contributed by atoms with Crippen LogP contribution in [-0.2, 0) is 6.42 Å². The molecule has 0 aliphatic heterocycles. The van der Waals surface area contributed by atoms with E-state index in [-0.39, 0.29) is 0 Å². The Balaban J connectivity index is 2.12. The SMILES string of the molecule is CCNC(c1snnc1CC)C1CCC(C)CC1. The van der Waals surface area contributed by atoms with Crippen molar-refractivity contribution in [2.24, 2.45) is 11.8 Å². The van der Waals surface area contributed by atoms with Crippen molar-refractivity contribution in [3.8, 4) is 0 Å². The van der Waals surface area contributed by atoms with Gasteiger partial charge in [0.1, 0.15) is 0 Å². The minimum atomic E-state index is 0.484. The van der Waals surface area contributed by atoms with Crippen molar-refractivity contribution in [1.82, 2.24) is 14.9 Å². The summed E-state index contributed by atoms with van der Waals surface area (Å²) in [5.74, 6) is 1.68. The molecule has 1 aliphatic carbocycles. The number of aromatic nitrogens is 2. The monoisotopic (exact) mass is 267 g/mol. The number of aryl methyl sites for hydroxylation is 1. The van der Waals surface area contributed by atoms with Gasteiger partial charge in [-0.25, -0.2) is 0 Å². The average Bonchev–Trinajstić information content (AvgIpc) is 2.85. The summed E-state index contributed by atoms with van der Waals surface area (Å²) in [6, 6.07) is 0.484. The Hall–Kier alpha value is -0.480. The number of nitrogens with zero attached hydrogens (tertiary/aromatic N) is 2. The maximum atomic E-state index is 4.28. The Bertz CT molecular complexity index is 356. The molecule has 0 amide bonds. The maximum Gasteiger partial charge on any atom is 0.0801 e. The van der Waals surface area contributed by atoms with Crippen LogP contribution in [0.25, 0.3) is 0 Å². The molecule has 0 spiro atoms. The van der Waals surface area contributed by atoms with E-state index in [2.05, 4.69) is 35.7 Å². The van der Waals surface area contributed by atoms with Gasteiger partial charge < -0.3 is 5.32 Å². The zero-order valence-electron chi connectivity index (χ0n) is 11.8. The molecule has 1 atom stereocenters. The zero-order chi connectivity index (χ0) is 13.0. The molecular weight excluding hydrogens is 242 g/mol. The molecule has 1 saturated carbocycles. The molecule has 1 fully saturated rings. The zero-order valence-corrected chi connectivity index (χ0v) is 12.6. The predicted molar refractivity (Wildman–Crippen MR) is 76.8 cm³/mol. The third-order valence-corrected chi connectivity index (χ3v) is 5.01. The van der Waals surface area contributed by atoms with Crippen LogP contribution in [-0.4, -0.2) is 16.1 Å². The molecule has 102 valence electrons. The molecular formula is C14H25N3S. The van der Waals surface area contributed by atoms with E-state index in [0.29, 0.717) is 6.04 Å². The molecule has 1 aromatic heterocycles. The van der Waals surface area contributed by atoms with E-state index in [1.165, 1.54) is 36.3 Å². The molecule has 1 aliphatic rings. The van der Waals surface area contributed by atoms with Crippen LogP contribution in [0.3, 0.4) is 0 Å². The highest BCUT2D eigenvalue weighted by atomic mass is 32.1. The van der Waals surface area contributed by atoms with Gasteiger partial charge in [0.25, 0.3) is 0 Å². The van der Waals surface area contributed by atoms with Crippen molar-refractivity contribution >= 4 is 11.5 Å². The Morgan fingerprint density at radius 2 is 2.00 bits per heavy atom. The summed E-state index contributed by atoms with van der Waals surface area (Å²) in [4.78, 5) is 1.39. The second kappa shape index (κ2) is 6.62. The molecule has 4 heteroatoms. The lowest BCUT2D eigenvalue weighted by atomic mass is 9.78.